The topological polar surface area (TPSA) is 48.0 Å². The van der Waals surface area contributed by atoms with Crippen LogP contribution < -0.4 is 16.4 Å². The second-order valence-corrected chi connectivity index (χ2v) is 3.29. The first-order chi connectivity index (χ1) is 6.20. The highest BCUT2D eigenvalue weighted by Crippen LogP contribution is 1.98. The monoisotopic (exact) mass is 176 g/mol. The summed E-state index contributed by atoms with van der Waals surface area (Å²) in [5.41, 5.74) is 0.730. The van der Waals surface area contributed by atoms with Crippen molar-refractivity contribution in [2.45, 2.75) is 19.8 Å². The first-order valence-electron chi connectivity index (χ1n) is 4.38. The zero-order chi connectivity index (χ0) is 9.42. The Balaban J connectivity index is 2.84. The Morgan fingerprint density at radius 3 is 2.85 bits per heavy atom. The highest BCUT2D eigenvalue weighted by Gasteiger charge is 2.08. The summed E-state index contributed by atoms with van der Waals surface area (Å²) in [6.45, 7) is 1.57. The average molecular weight is 176 g/mol. The van der Waals surface area contributed by atoms with Crippen LogP contribution in [0.25, 0.3) is 12.2 Å². The Hall–Kier alpha value is -1.51. The molecule has 0 aromatic carbocycles. The summed E-state index contributed by atoms with van der Waals surface area (Å²) in [6, 6.07) is 0. The van der Waals surface area contributed by atoms with Crippen LogP contribution in [0.3, 0.4) is 0 Å². The Bertz CT molecular complexity index is 468. The molecule has 0 saturated heterocycles. The van der Waals surface area contributed by atoms with Gasteiger partial charge in [-0.1, -0.05) is 12.2 Å². The predicted molar refractivity (Wildman–Crippen MR) is 52.0 cm³/mol. The minimum Gasteiger partial charge on any atom is -0.339 e. The maximum absolute atomic E-state index is 11.2. The van der Waals surface area contributed by atoms with E-state index < -0.39 is 0 Å². The largest absolute Gasteiger partial charge is 0.339 e. The molecule has 1 aliphatic rings. The number of carbonyl (C=O) groups is 1. The molecule has 1 aromatic heterocycles. The molecule has 0 aliphatic heterocycles. The third-order valence-corrected chi connectivity index (χ3v) is 2.34. The number of hydrogen-bond acceptors (Lipinski definition) is 2. The molecule has 13 heavy (non-hydrogen) atoms. The normalized spacial score (nSPS) is 14.2. The summed E-state index contributed by atoms with van der Waals surface area (Å²) < 4.78 is 1.53. The van der Waals surface area contributed by atoms with Gasteiger partial charge in [0, 0.05) is 17.0 Å². The third-order valence-electron chi connectivity index (χ3n) is 2.34. The van der Waals surface area contributed by atoms with Crippen molar-refractivity contribution in [2.75, 3.05) is 5.84 Å². The number of ketones is 1. The van der Waals surface area contributed by atoms with Crippen LogP contribution >= 0.6 is 0 Å². The van der Waals surface area contributed by atoms with Crippen molar-refractivity contribution in [3.8, 4) is 0 Å². The second-order valence-electron chi connectivity index (χ2n) is 3.29. The summed E-state index contributed by atoms with van der Waals surface area (Å²) in [5, 5.41) is 1.97. The number of aromatic nitrogens is 1. The molecule has 3 nitrogen and oxygen atoms in total. The summed E-state index contributed by atoms with van der Waals surface area (Å²) in [4.78, 5) is 11.2. The molecule has 2 N–H and O–H groups in total. The molecule has 0 saturated carbocycles. The molecule has 3 heteroatoms. The fourth-order valence-electron chi connectivity index (χ4n) is 1.71. The van der Waals surface area contributed by atoms with E-state index >= 15 is 0 Å². The molecule has 1 aromatic rings. The van der Waals surface area contributed by atoms with Crippen LogP contribution in [0.15, 0.2) is 6.20 Å². The van der Waals surface area contributed by atoms with Crippen LogP contribution in [0.1, 0.15) is 30.1 Å². The van der Waals surface area contributed by atoms with Crippen molar-refractivity contribution < 1.29 is 4.79 Å². The molecular formula is C10H12N2O. The maximum Gasteiger partial charge on any atom is 0.162 e. The van der Waals surface area contributed by atoms with Gasteiger partial charge in [-0.2, -0.15) is 0 Å². The number of carbonyl (C=O) groups excluding carboxylic acids is 1. The van der Waals surface area contributed by atoms with E-state index in [1.54, 1.807) is 13.1 Å². The van der Waals surface area contributed by atoms with Crippen LogP contribution in [0.2, 0.25) is 0 Å². The molecule has 1 aliphatic carbocycles. The molecule has 68 valence electrons. The molecule has 0 atom stereocenters. The predicted octanol–water partition coefficient (Wildman–Crippen LogP) is -0.241. The Labute approximate surface area is 76.1 Å². The van der Waals surface area contributed by atoms with Crippen molar-refractivity contribution in [1.29, 1.82) is 0 Å². The van der Waals surface area contributed by atoms with Crippen molar-refractivity contribution in [3.63, 3.8) is 0 Å². The van der Waals surface area contributed by atoms with E-state index in [0.717, 1.165) is 29.0 Å². The Morgan fingerprint density at radius 2 is 2.15 bits per heavy atom. The van der Waals surface area contributed by atoms with E-state index in [9.17, 15) is 4.79 Å². The molecule has 0 bridgehead atoms. The van der Waals surface area contributed by atoms with E-state index in [0.29, 0.717) is 0 Å². The molecule has 0 spiro atoms. The molecule has 0 radical (unpaired) electrons. The van der Waals surface area contributed by atoms with Crippen LogP contribution in [0, 0.1) is 0 Å². The lowest BCUT2D eigenvalue weighted by atomic mass is 10.1. The minimum atomic E-state index is 0.0759. The van der Waals surface area contributed by atoms with Crippen LogP contribution in [-0.4, -0.2) is 10.5 Å². The third kappa shape index (κ3) is 1.16. The van der Waals surface area contributed by atoms with E-state index in [1.165, 1.54) is 4.68 Å². The van der Waals surface area contributed by atoms with Gasteiger partial charge in [-0.05, 0) is 19.8 Å². The van der Waals surface area contributed by atoms with Gasteiger partial charge in [0.2, 0.25) is 0 Å². The van der Waals surface area contributed by atoms with Crippen molar-refractivity contribution in [3.05, 3.63) is 22.3 Å². The lowest BCUT2D eigenvalue weighted by Crippen LogP contribution is -2.35. The van der Waals surface area contributed by atoms with Gasteiger partial charge < -0.3 is 5.84 Å². The van der Waals surface area contributed by atoms with Gasteiger partial charge in [-0.15, -0.1) is 0 Å². The quantitative estimate of drug-likeness (QED) is 0.474. The number of Topliss-reactive ketones (excluding diaryl/α,β-unsaturated/α-hetero) is 1. The molecule has 0 fully saturated rings. The summed E-state index contributed by atoms with van der Waals surface area (Å²) in [5.74, 6) is 5.79. The summed E-state index contributed by atoms with van der Waals surface area (Å²) in [7, 11) is 0. The minimum absolute atomic E-state index is 0.0759. The molecule has 0 unspecified atom stereocenters. The van der Waals surface area contributed by atoms with Crippen molar-refractivity contribution >= 4 is 17.9 Å². The maximum atomic E-state index is 11.2. The fourth-order valence-corrected chi connectivity index (χ4v) is 1.71. The van der Waals surface area contributed by atoms with E-state index in [2.05, 4.69) is 12.2 Å². The van der Waals surface area contributed by atoms with E-state index in [-0.39, 0.29) is 5.78 Å². The van der Waals surface area contributed by atoms with Crippen LogP contribution in [0.5, 0.6) is 0 Å². The first-order valence-corrected chi connectivity index (χ1v) is 4.38. The highest BCUT2D eigenvalue weighted by molar-refractivity contribution is 5.94. The Morgan fingerprint density at radius 1 is 1.46 bits per heavy atom. The summed E-state index contributed by atoms with van der Waals surface area (Å²) in [6.07, 6.45) is 7.85. The standard InChI is InChI=1S/C10H12N2O/c1-7(13)9-6-12(11)10-5-3-2-4-8(9)10/h4-6H,2-3,11H2,1H3. The lowest BCUT2D eigenvalue weighted by Gasteiger charge is -1.96. The molecule has 2 rings (SSSR count). The number of rotatable bonds is 1. The van der Waals surface area contributed by atoms with Crippen LogP contribution in [-0.2, 0) is 0 Å². The zero-order valence-corrected chi connectivity index (χ0v) is 7.58. The number of nitrogens with two attached hydrogens (primary N) is 1. The number of nitrogen functional groups attached to an aromatic ring is 1. The van der Waals surface area contributed by atoms with Gasteiger partial charge in [-0.25, -0.2) is 0 Å². The number of fused-ring (bicyclic) bond motifs is 1. The zero-order valence-electron chi connectivity index (χ0n) is 7.58. The lowest BCUT2D eigenvalue weighted by molar-refractivity contribution is 0.101. The smallest absolute Gasteiger partial charge is 0.162 e. The molecule has 0 amide bonds. The van der Waals surface area contributed by atoms with E-state index in [4.69, 9.17) is 5.84 Å². The first kappa shape index (κ1) is 8.10. The van der Waals surface area contributed by atoms with Crippen LogP contribution in [0.4, 0.5) is 0 Å². The number of hydrogen-bond donors (Lipinski definition) is 1. The van der Waals surface area contributed by atoms with Gasteiger partial charge in [-0.3, -0.25) is 9.47 Å². The Kier molecular flexibility index (Phi) is 1.72. The van der Waals surface area contributed by atoms with Gasteiger partial charge in [0.1, 0.15) is 0 Å². The fraction of sp³-hybridized carbons (Fsp3) is 0.300. The molecule has 1 heterocycles. The van der Waals surface area contributed by atoms with Gasteiger partial charge in [0.05, 0.1) is 5.35 Å². The molecular weight excluding hydrogens is 164 g/mol. The average Bonchev–Trinajstić information content (AvgIpc) is 2.45. The SMILES string of the molecule is CC(=O)c1cn(N)c2c1=CCCC=2. The summed E-state index contributed by atoms with van der Waals surface area (Å²) >= 11 is 0. The van der Waals surface area contributed by atoms with Crippen molar-refractivity contribution in [1.82, 2.24) is 4.68 Å². The van der Waals surface area contributed by atoms with Gasteiger partial charge in [0.15, 0.2) is 5.78 Å². The second kappa shape index (κ2) is 2.76. The van der Waals surface area contributed by atoms with Crippen molar-refractivity contribution in [2.24, 2.45) is 0 Å². The van der Waals surface area contributed by atoms with Gasteiger partial charge in [0.25, 0.3) is 0 Å². The highest BCUT2D eigenvalue weighted by atomic mass is 16.1. The number of nitrogens with zero attached hydrogens (tertiary/aromatic N) is 1. The van der Waals surface area contributed by atoms with E-state index in [1.807, 2.05) is 0 Å². The van der Waals surface area contributed by atoms with Gasteiger partial charge >= 0.3 is 0 Å².